The summed E-state index contributed by atoms with van der Waals surface area (Å²) in [6, 6.07) is 3.14. The lowest BCUT2D eigenvalue weighted by Crippen LogP contribution is -2.06. The lowest BCUT2D eigenvalue weighted by atomic mass is 9.90. The zero-order valence-corrected chi connectivity index (χ0v) is 8.30. The second-order valence-electron chi connectivity index (χ2n) is 3.65. The summed E-state index contributed by atoms with van der Waals surface area (Å²) in [5, 5.41) is 10.8. The van der Waals surface area contributed by atoms with Crippen molar-refractivity contribution in [2.45, 2.75) is 25.2 Å². The van der Waals surface area contributed by atoms with E-state index in [0.717, 1.165) is 19.3 Å². The Labute approximate surface area is 87.8 Å². The van der Waals surface area contributed by atoms with E-state index in [0.29, 0.717) is 5.69 Å². The highest BCUT2D eigenvalue weighted by atomic mass is 16.6. The third-order valence-corrected chi connectivity index (χ3v) is 2.67. The Hall–Kier alpha value is -1.71. The van der Waals surface area contributed by atoms with Crippen molar-refractivity contribution in [3.63, 3.8) is 0 Å². The molecule has 0 saturated carbocycles. The van der Waals surface area contributed by atoms with Crippen LogP contribution in [0.25, 0.3) is 0 Å². The first-order valence-electron chi connectivity index (χ1n) is 5.03. The van der Waals surface area contributed by atoms with Crippen molar-refractivity contribution in [1.82, 2.24) is 4.98 Å². The molecule has 1 atom stereocenters. The molecule has 1 aromatic rings. The molecule has 1 aromatic heterocycles. The molecule has 1 aliphatic rings. The minimum absolute atomic E-state index is 0.151. The lowest BCUT2D eigenvalue weighted by Gasteiger charge is -2.16. The summed E-state index contributed by atoms with van der Waals surface area (Å²) < 4.78 is 0. The molecule has 0 spiro atoms. The van der Waals surface area contributed by atoms with Crippen molar-refractivity contribution < 1.29 is 4.92 Å². The van der Waals surface area contributed by atoms with E-state index in [1.54, 1.807) is 12.3 Å². The number of pyridine rings is 1. The quantitative estimate of drug-likeness (QED) is 0.423. The molecule has 15 heavy (non-hydrogen) atoms. The van der Waals surface area contributed by atoms with E-state index >= 15 is 0 Å². The van der Waals surface area contributed by atoms with Gasteiger partial charge in [0.15, 0.2) is 0 Å². The van der Waals surface area contributed by atoms with Gasteiger partial charge < -0.3 is 0 Å². The van der Waals surface area contributed by atoms with Crippen LogP contribution in [-0.4, -0.2) is 9.91 Å². The number of allylic oxidation sites excluding steroid dienone is 2. The highest BCUT2D eigenvalue weighted by Crippen LogP contribution is 2.32. The monoisotopic (exact) mass is 204 g/mol. The number of rotatable bonds is 2. The highest BCUT2D eigenvalue weighted by Gasteiger charge is 2.23. The van der Waals surface area contributed by atoms with Gasteiger partial charge in [-0.25, -0.2) is 0 Å². The predicted molar refractivity (Wildman–Crippen MR) is 56.6 cm³/mol. The van der Waals surface area contributed by atoms with Crippen molar-refractivity contribution >= 4 is 5.69 Å². The van der Waals surface area contributed by atoms with E-state index in [9.17, 15) is 10.1 Å². The maximum absolute atomic E-state index is 10.8. The molecule has 2 rings (SSSR count). The Balaban J connectivity index is 2.34. The SMILES string of the molecule is O=[N+]([O-])c1cccnc1C1CC=CCC1. The van der Waals surface area contributed by atoms with Gasteiger partial charge in [0.1, 0.15) is 5.69 Å². The Morgan fingerprint density at radius 1 is 1.47 bits per heavy atom. The van der Waals surface area contributed by atoms with Gasteiger partial charge in [0.05, 0.1) is 4.92 Å². The molecule has 0 aromatic carbocycles. The fourth-order valence-electron chi connectivity index (χ4n) is 1.92. The van der Waals surface area contributed by atoms with Crippen LogP contribution < -0.4 is 0 Å². The molecule has 0 saturated heterocycles. The van der Waals surface area contributed by atoms with Crippen LogP contribution in [0.1, 0.15) is 30.9 Å². The van der Waals surface area contributed by atoms with E-state index in [4.69, 9.17) is 0 Å². The van der Waals surface area contributed by atoms with Crippen LogP contribution in [0.5, 0.6) is 0 Å². The zero-order chi connectivity index (χ0) is 10.7. The van der Waals surface area contributed by atoms with E-state index in [1.165, 1.54) is 6.07 Å². The lowest BCUT2D eigenvalue weighted by molar-refractivity contribution is -0.386. The van der Waals surface area contributed by atoms with E-state index in [1.807, 2.05) is 0 Å². The molecular weight excluding hydrogens is 192 g/mol. The fourth-order valence-corrected chi connectivity index (χ4v) is 1.92. The van der Waals surface area contributed by atoms with E-state index in [2.05, 4.69) is 17.1 Å². The summed E-state index contributed by atoms with van der Waals surface area (Å²) in [6.07, 6.45) is 8.61. The van der Waals surface area contributed by atoms with Gasteiger partial charge in [-0.2, -0.15) is 0 Å². The average molecular weight is 204 g/mol. The largest absolute Gasteiger partial charge is 0.291 e. The van der Waals surface area contributed by atoms with Crippen LogP contribution in [0.2, 0.25) is 0 Å². The van der Waals surface area contributed by atoms with Crippen LogP contribution in [0.4, 0.5) is 5.69 Å². The Kier molecular flexibility index (Phi) is 2.76. The molecule has 1 unspecified atom stereocenters. The summed E-state index contributed by atoms with van der Waals surface area (Å²) in [7, 11) is 0. The number of hydrogen-bond acceptors (Lipinski definition) is 3. The molecular formula is C11H12N2O2. The van der Waals surface area contributed by atoms with Gasteiger partial charge in [-0.15, -0.1) is 0 Å². The van der Waals surface area contributed by atoms with Gasteiger partial charge in [-0.3, -0.25) is 15.1 Å². The Bertz CT molecular complexity index is 401. The molecule has 4 heteroatoms. The summed E-state index contributed by atoms with van der Waals surface area (Å²) in [4.78, 5) is 14.6. The van der Waals surface area contributed by atoms with Gasteiger partial charge in [-0.1, -0.05) is 12.2 Å². The summed E-state index contributed by atoms with van der Waals surface area (Å²) in [6.45, 7) is 0. The van der Waals surface area contributed by atoms with Crippen molar-refractivity contribution in [2.75, 3.05) is 0 Å². The normalized spacial score (nSPS) is 20.1. The summed E-state index contributed by atoms with van der Waals surface area (Å²) >= 11 is 0. The van der Waals surface area contributed by atoms with Gasteiger partial charge in [0.2, 0.25) is 0 Å². The maximum atomic E-state index is 10.8. The first-order chi connectivity index (χ1) is 7.29. The van der Waals surface area contributed by atoms with Crippen molar-refractivity contribution in [1.29, 1.82) is 0 Å². The van der Waals surface area contributed by atoms with Crippen molar-refractivity contribution in [3.8, 4) is 0 Å². The molecule has 4 nitrogen and oxygen atoms in total. The second-order valence-corrected chi connectivity index (χ2v) is 3.65. The van der Waals surface area contributed by atoms with Crippen molar-refractivity contribution in [2.24, 2.45) is 0 Å². The first-order valence-corrected chi connectivity index (χ1v) is 5.03. The first kappa shape index (κ1) is 9.83. The summed E-state index contributed by atoms with van der Waals surface area (Å²) in [5.41, 5.74) is 0.782. The van der Waals surface area contributed by atoms with Crippen LogP contribution >= 0.6 is 0 Å². The van der Waals surface area contributed by atoms with Crippen LogP contribution in [0.3, 0.4) is 0 Å². The average Bonchev–Trinajstić information content (AvgIpc) is 2.30. The van der Waals surface area contributed by atoms with Gasteiger partial charge in [0.25, 0.3) is 5.69 Å². The highest BCUT2D eigenvalue weighted by molar-refractivity contribution is 5.37. The molecule has 0 fully saturated rings. The van der Waals surface area contributed by atoms with Gasteiger partial charge in [0, 0.05) is 18.2 Å². The number of aromatic nitrogens is 1. The van der Waals surface area contributed by atoms with Crippen LogP contribution in [0.15, 0.2) is 30.5 Å². The Morgan fingerprint density at radius 3 is 3.00 bits per heavy atom. The molecule has 0 radical (unpaired) electrons. The number of hydrogen-bond donors (Lipinski definition) is 0. The standard InChI is InChI=1S/C11H12N2O2/c14-13(15)10-7-4-8-12-11(10)9-5-2-1-3-6-9/h1-2,4,7-9H,3,5-6H2. The molecule has 0 amide bonds. The molecule has 0 aliphatic heterocycles. The van der Waals surface area contributed by atoms with Crippen LogP contribution in [-0.2, 0) is 0 Å². The summed E-state index contributed by atoms with van der Waals surface area (Å²) in [5.74, 6) is 0.205. The molecule has 0 bridgehead atoms. The zero-order valence-electron chi connectivity index (χ0n) is 8.30. The minimum Gasteiger partial charge on any atom is -0.258 e. The predicted octanol–water partition coefficient (Wildman–Crippen LogP) is 2.81. The van der Waals surface area contributed by atoms with Crippen LogP contribution in [0, 0.1) is 10.1 Å². The van der Waals surface area contributed by atoms with Crippen molar-refractivity contribution in [3.05, 3.63) is 46.3 Å². The maximum Gasteiger partial charge on any atom is 0.291 e. The third-order valence-electron chi connectivity index (χ3n) is 2.67. The smallest absolute Gasteiger partial charge is 0.258 e. The van der Waals surface area contributed by atoms with E-state index in [-0.39, 0.29) is 16.5 Å². The second kappa shape index (κ2) is 4.21. The molecule has 1 heterocycles. The fraction of sp³-hybridized carbons (Fsp3) is 0.364. The van der Waals surface area contributed by atoms with E-state index < -0.39 is 0 Å². The van der Waals surface area contributed by atoms with Gasteiger partial charge in [-0.05, 0) is 25.3 Å². The molecule has 0 N–H and O–H groups in total. The minimum atomic E-state index is -0.347. The molecule has 78 valence electrons. The molecule has 1 aliphatic carbocycles. The van der Waals surface area contributed by atoms with Gasteiger partial charge >= 0.3 is 0 Å². The Morgan fingerprint density at radius 2 is 2.33 bits per heavy atom. The third kappa shape index (κ3) is 2.03. The number of nitrogens with zero attached hydrogens (tertiary/aromatic N) is 2. The number of nitro groups is 1. The topological polar surface area (TPSA) is 56.0 Å².